The average molecular weight is 340 g/mol. The lowest BCUT2D eigenvalue weighted by atomic mass is 9.93. The number of amides is 1. The van der Waals surface area contributed by atoms with Gasteiger partial charge in [0.1, 0.15) is 6.33 Å². The minimum atomic E-state index is -0.293. The highest BCUT2D eigenvalue weighted by atomic mass is 32.1. The molecule has 0 unspecified atom stereocenters. The molecule has 0 saturated carbocycles. The quantitative estimate of drug-likeness (QED) is 0.792. The van der Waals surface area contributed by atoms with Crippen LogP contribution in [0.5, 0.6) is 0 Å². The van der Waals surface area contributed by atoms with E-state index in [0.29, 0.717) is 16.9 Å². The van der Waals surface area contributed by atoms with Gasteiger partial charge in [-0.05, 0) is 37.3 Å². The summed E-state index contributed by atoms with van der Waals surface area (Å²) < 4.78 is 1.73. The van der Waals surface area contributed by atoms with E-state index in [4.69, 9.17) is 0 Å². The molecule has 0 radical (unpaired) electrons. The average Bonchev–Trinajstić information content (AvgIpc) is 3.23. The fraction of sp³-hybridized carbons (Fsp3) is 0.312. The molecule has 0 spiro atoms. The second-order valence-electron chi connectivity index (χ2n) is 5.94. The number of carbonyl (C=O) groups is 1. The first-order valence-electron chi connectivity index (χ1n) is 7.81. The molecule has 3 heterocycles. The smallest absolute Gasteiger partial charge is 0.277 e. The van der Waals surface area contributed by atoms with Crippen molar-refractivity contribution in [2.45, 2.75) is 26.2 Å². The van der Waals surface area contributed by atoms with E-state index < -0.39 is 0 Å². The number of imidazole rings is 1. The summed E-state index contributed by atoms with van der Waals surface area (Å²) in [5, 5.41) is 11.5. The lowest BCUT2D eigenvalue weighted by Gasteiger charge is -2.15. The third-order valence-electron chi connectivity index (χ3n) is 4.06. The van der Waals surface area contributed by atoms with E-state index in [-0.39, 0.29) is 11.6 Å². The predicted molar refractivity (Wildman–Crippen MR) is 90.4 cm³/mol. The van der Waals surface area contributed by atoms with Gasteiger partial charge in [-0.15, -0.1) is 21.5 Å². The number of anilines is 1. The fourth-order valence-corrected chi connectivity index (χ4v) is 3.90. The molecular weight excluding hydrogens is 324 g/mol. The normalized spacial score (nSPS) is 16.6. The Hall–Kier alpha value is -2.61. The van der Waals surface area contributed by atoms with E-state index in [1.165, 1.54) is 4.88 Å². The Balaban J connectivity index is 1.48. The van der Waals surface area contributed by atoms with E-state index >= 15 is 0 Å². The van der Waals surface area contributed by atoms with Gasteiger partial charge in [0.05, 0.1) is 5.69 Å². The van der Waals surface area contributed by atoms with E-state index in [1.54, 1.807) is 46.8 Å². The molecule has 0 saturated heterocycles. The number of nitrogens with zero attached hydrogens (tertiary/aromatic N) is 5. The fourth-order valence-electron chi connectivity index (χ4n) is 2.73. The van der Waals surface area contributed by atoms with Crippen molar-refractivity contribution >= 4 is 22.4 Å². The molecule has 3 aromatic rings. The minimum absolute atomic E-state index is 0.264. The lowest BCUT2D eigenvalue weighted by Crippen LogP contribution is -2.15. The molecule has 7 nitrogen and oxygen atoms in total. The summed E-state index contributed by atoms with van der Waals surface area (Å²) in [6.07, 6.45) is 8.25. The molecule has 0 aliphatic heterocycles. The van der Waals surface area contributed by atoms with Crippen LogP contribution in [-0.2, 0) is 12.8 Å². The molecule has 3 aromatic heterocycles. The van der Waals surface area contributed by atoms with Crippen molar-refractivity contribution in [2.24, 2.45) is 5.92 Å². The molecular formula is C16H16N6OS. The molecule has 1 aliphatic carbocycles. The Labute approximate surface area is 142 Å². The Morgan fingerprint density at radius 1 is 1.38 bits per heavy atom. The van der Waals surface area contributed by atoms with Gasteiger partial charge >= 0.3 is 0 Å². The van der Waals surface area contributed by atoms with Crippen molar-refractivity contribution in [1.82, 2.24) is 24.7 Å². The van der Waals surface area contributed by atoms with Crippen LogP contribution in [0.2, 0.25) is 0 Å². The molecule has 24 heavy (non-hydrogen) atoms. The van der Waals surface area contributed by atoms with Gasteiger partial charge in [-0.1, -0.05) is 6.92 Å². The van der Waals surface area contributed by atoms with E-state index in [2.05, 4.69) is 32.4 Å². The maximum absolute atomic E-state index is 12.3. The van der Waals surface area contributed by atoms with Crippen LogP contribution >= 0.6 is 11.3 Å². The van der Waals surface area contributed by atoms with E-state index in [9.17, 15) is 4.79 Å². The van der Waals surface area contributed by atoms with Crippen LogP contribution in [0.3, 0.4) is 0 Å². The van der Waals surface area contributed by atoms with E-state index in [0.717, 1.165) is 25.0 Å². The highest BCUT2D eigenvalue weighted by Gasteiger charge is 2.21. The van der Waals surface area contributed by atoms with Crippen LogP contribution in [0.15, 0.2) is 30.9 Å². The number of aryl methyl sites for hydroxylation is 1. The first-order valence-corrected chi connectivity index (χ1v) is 8.62. The van der Waals surface area contributed by atoms with Crippen molar-refractivity contribution in [3.63, 3.8) is 0 Å². The highest BCUT2D eigenvalue weighted by molar-refractivity contribution is 7.15. The number of hydrogen-bond acceptors (Lipinski definition) is 6. The van der Waals surface area contributed by atoms with Crippen LogP contribution in [0.25, 0.3) is 5.82 Å². The summed E-state index contributed by atoms with van der Waals surface area (Å²) in [4.78, 5) is 22.1. The third-order valence-corrected chi connectivity index (χ3v) is 5.09. The lowest BCUT2D eigenvalue weighted by molar-refractivity contribution is 0.102. The van der Waals surface area contributed by atoms with Crippen LogP contribution in [0.1, 0.15) is 34.4 Å². The number of rotatable bonds is 3. The topological polar surface area (TPSA) is 85.6 Å². The summed E-state index contributed by atoms with van der Waals surface area (Å²) >= 11 is 1.56. The molecule has 122 valence electrons. The van der Waals surface area contributed by atoms with Gasteiger partial charge in [0.25, 0.3) is 5.91 Å². The number of nitrogens with one attached hydrogen (secondary N) is 1. The summed E-state index contributed by atoms with van der Waals surface area (Å²) in [7, 11) is 0. The van der Waals surface area contributed by atoms with Gasteiger partial charge in [-0.25, -0.2) is 9.97 Å². The Kier molecular flexibility index (Phi) is 3.81. The van der Waals surface area contributed by atoms with Crippen molar-refractivity contribution < 1.29 is 4.79 Å². The zero-order valence-corrected chi connectivity index (χ0v) is 14.0. The molecule has 0 aromatic carbocycles. The van der Waals surface area contributed by atoms with Crippen LogP contribution in [-0.4, -0.2) is 30.6 Å². The van der Waals surface area contributed by atoms with Crippen molar-refractivity contribution in [3.05, 3.63) is 47.1 Å². The monoisotopic (exact) mass is 340 g/mol. The first-order chi connectivity index (χ1) is 11.7. The predicted octanol–water partition coefficient (Wildman–Crippen LogP) is 2.50. The van der Waals surface area contributed by atoms with Crippen molar-refractivity contribution in [2.75, 3.05) is 5.32 Å². The molecule has 4 rings (SSSR count). The molecule has 1 aliphatic rings. The maximum atomic E-state index is 12.3. The Morgan fingerprint density at radius 3 is 3.04 bits per heavy atom. The highest BCUT2D eigenvalue weighted by Crippen LogP contribution is 2.32. The van der Waals surface area contributed by atoms with Gasteiger partial charge in [-0.2, -0.15) is 0 Å². The molecule has 1 amide bonds. The summed E-state index contributed by atoms with van der Waals surface area (Å²) in [5.74, 6) is 1.00. The van der Waals surface area contributed by atoms with Gasteiger partial charge in [-0.3, -0.25) is 14.7 Å². The molecule has 0 fully saturated rings. The zero-order valence-electron chi connectivity index (χ0n) is 13.1. The summed E-state index contributed by atoms with van der Waals surface area (Å²) in [6, 6.07) is 3.38. The molecule has 1 N–H and O–H groups in total. The van der Waals surface area contributed by atoms with Gasteiger partial charge in [0.15, 0.2) is 16.6 Å². The number of aromatic nitrogens is 5. The number of thiazole rings is 1. The van der Waals surface area contributed by atoms with Crippen LogP contribution in [0.4, 0.5) is 5.13 Å². The summed E-state index contributed by atoms with van der Waals surface area (Å²) in [5.41, 5.74) is 1.38. The first kappa shape index (κ1) is 14.9. The molecule has 8 heteroatoms. The SMILES string of the molecule is C[C@@H]1CCc2nc(NC(=O)c3ccc(-n4ccnc4)nn3)sc2C1. The van der Waals surface area contributed by atoms with Gasteiger partial charge < -0.3 is 0 Å². The van der Waals surface area contributed by atoms with Gasteiger partial charge in [0, 0.05) is 17.3 Å². The van der Waals surface area contributed by atoms with Crippen molar-refractivity contribution in [3.8, 4) is 5.82 Å². The van der Waals surface area contributed by atoms with Gasteiger partial charge in [0.2, 0.25) is 0 Å². The standard InChI is InChI=1S/C16H16N6OS/c1-10-2-3-11-13(8-10)24-16(18-11)19-15(23)12-4-5-14(21-20-12)22-7-6-17-9-22/h4-7,9-10H,2-3,8H2,1H3,(H,18,19,23)/t10-/m1/s1. The number of hydrogen-bond donors (Lipinski definition) is 1. The van der Waals surface area contributed by atoms with Crippen molar-refractivity contribution in [1.29, 1.82) is 0 Å². The largest absolute Gasteiger partial charge is 0.296 e. The number of carbonyl (C=O) groups excluding carboxylic acids is 1. The second kappa shape index (κ2) is 6.12. The van der Waals surface area contributed by atoms with Crippen LogP contribution < -0.4 is 5.32 Å². The van der Waals surface area contributed by atoms with Crippen LogP contribution in [0, 0.1) is 5.92 Å². The zero-order chi connectivity index (χ0) is 16.5. The second-order valence-corrected chi connectivity index (χ2v) is 7.02. The minimum Gasteiger partial charge on any atom is -0.296 e. The summed E-state index contributed by atoms with van der Waals surface area (Å²) in [6.45, 7) is 2.25. The third kappa shape index (κ3) is 2.92. The Morgan fingerprint density at radius 2 is 2.29 bits per heavy atom. The molecule has 0 bridgehead atoms. The maximum Gasteiger partial charge on any atom is 0.277 e. The Bertz CT molecular complexity index is 855. The molecule has 1 atom stereocenters. The van der Waals surface area contributed by atoms with E-state index in [1.807, 2.05) is 0 Å². The number of fused-ring (bicyclic) bond motifs is 1.